The number of carbonyl (C=O) groups is 1. The smallest absolute Gasteiger partial charge is 0.255 e. The highest BCUT2D eigenvalue weighted by atomic mass is 35.5. The van der Waals surface area contributed by atoms with Gasteiger partial charge in [0.25, 0.3) is 5.91 Å². The first-order valence-corrected chi connectivity index (χ1v) is 10.5. The van der Waals surface area contributed by atoms with E-state index in [1.54, 1.807) is 47.7 Å². The predicted molar refractivity (Wildman–Crippen MR) is 120 cm³/mol. The van der Waals surface area contributed by atoms with Crippen LogP contribution in [-0.4, -0.2) is 17.5 Å². The van der Waals surface area contributed by atoms with Crippen molar-refractivity contribution in [1.29, 1.82) is 0 Å². The number of benzene rings is 3. The van der Waals surface area contributed by atoms with Crippen LogP contribution in [0.3, 0.4) is 0 Å². The van der Waals surface area contributed by atoms with Crippen molar-refractivity contribution in [2.75, 3.05) is 11.9 Å². The zero-order valence-corrected chi connectivity index (χ0v) is 17.4. The SMILES string of the molecule is CCCOc1ccc(C(=O)Nc2ccc(Cl)cc2-c2nc3ccccc3s2)cc1. The van der Waals surface area contributed by atoms with Gasteiger partial charge in [0.05, 0.1) is 22.5 Å². The maximum Gasteiger partial charge on any atom is 0.255 e. The number of carbonyl (C=O) groups excluding carboxylic acids is 1. The van der Waals surface area contributed by atoms with Crippen molar-refractivity contribution in [2.24, 2.45) is 0 Å². The van der Waals surface area contributed by atoms with Gasteiger partial charge >= 0.3 is 0 Å². The van der Waals surface area contributed by atoms with Crippen LogP contribution in [0.2, 0.25) is 5.02 Å². The Morgan fingerprint density at radius 1 is 1.10 bits per heavy atom. The molecule has 0 aliphatic rings. The third kappa shape index (κ3) is 4.42. The molecule has 1 amide bonds. The van der Waals surface area contributed by atoms with Crippen LogP contribution in [0.25, 0.3) is 20.8 Å². The van der Waals surface area contributed by atoms with E-state index in [2.05, 4.69) is 12.2 Å². The second kappa shape index (κ2) is 8.64. The van der Waals surface area contributed by atoms with Gasteiger partial charge in [-0.05, 0) is 61.0 Å². The number of aromatic nitrogens is 1. The number of anilines is 1. The fraction of sp³-hybridized carbons (Fsp3) is 0.130. The average molecular weight is 423 g/mol. The fourth-order valence-corrected chi connectivity index (χ4v) is 4.07. The highest BCUT2D eigenvalue weighted by Gasteiger charge is 2.14. The summed E-state index contributed by atoms with van der Waals surface area (Å²) < 4.78 is 6.66. The highest BCUT2D eigenvalue weighted by molar-refractivity contribution is 7.21. The lowest BCUT2D eigenvalue weighted by Gasteiger charge is -2.11. The van der Waals surface area contributed by atoms with Crippen LogP contribution in [0.1, 0.15) is 23.7 Å². The number of rotatable bonds is 6. The number of hydrogen-bond acceptors (Lipinski definition) is 4. The summed E-state index contributed by atoms with van der Waals surface area (Å²) in [5.41, 5.74) is 2.95. The monoisotopic (exact) mass is 422 g/mol. The van der Waals surface area contributed by atoms with Gasteiger partial charge in [0.15, 0.2) is 0 Å². The van der Waals surface area contributed by atoms with Crippen LogP contribution in [-0.2, 0) is 0 Å². The minimum absolute atomic E-state index is 0.197. The van der Waals surface area contributed by atoms with Crippen LogP contribution in [0.15, 0.2) is 66.7 Å². The van der Waals surface area contributed by atoms with Gasteiger partial charge in [-0.15, -0.1) is 11.3 Å². The Labute approximate surface area is 178 Å². The van der Waals surface area contributed by atoms with E-state index >= 15 is 0 Å². The van der Waals surface area contributed by atoms with Crippen LogP contribution in [0.4, 0.5) is 5.69 Å². The second-order valence-electron chi connectivity index (χ2n) is 6.50. The molecule has 0 saturated carbocycles. The third-order valence-corrected chi connectivity index (χ3v) is 5.65. The van der Waals surface area contributed by atoms with Gasteiger partial charge in [0.2, 0.25) is 0 Å². The van der Waals surface area contributed by atoms with Crippen molar-refractivity contribution >= 4 is 44.7 Å². The summed E-state index contributed by atoms with van der Waals surface area (Å²) in [5, 5.41) is 4.39. The summed E-state index contributed by atoms with van der Waals surface area (Å²) in [4.78, 5) is 17.5. The van der Waals surface area contributed by atoms with Crippen molar-refractivity contribution < 1.29 is 9.53 Å². The number of amides is 1. The normalized spacial score (nSPS) is 10.8. The summed E-state index contributed by atoms with van der Waals surface area (Å²) >= 11 is 7.80. The largest absolute Gasteiger partial charge is 0.494 e. The molecule has 0 aliphatic carbocycles. The Balaban J connectivity index is 1.61. The van der Waals surface area contributed by atoms with Crippen molar-refractivity contribution in [3.63, 3.8) is 0 Å². The number of hydrogen-bond donors (Lipinski definition) is 1. The molecule has 0 radical (unpaired) electrons. The molecule has 1 N–H and O–H groups in total. The quantitative estimate of drug-likeness (QED) is 0.378. The van der Waals surface area contributed by atoms with E-state index in [-0.39, 0.29) is 5.91 Å². The Morgan fingerprint density at radius 3 is 2.66 bits per heavy atom. The van der Waals surface area contributed by atoms with Gasteiger partial charge in [-0.2, -0.15) is 0 Å². The maximum atomic E-state index is 12.8. The Bertz CT molecular complexity index is 1120. The van der Waals surface area contributed by atoms with Crippen molar-refractivity contribution in [1.82, 2.24) is 4.98 Å². The molecule has 0 aliphatic heterocycles. The van der Waals surface area contributed by atoms with E-state index in [9.17, 15) is 4.79 Å². The van der Waals surface area contributed by atoms with E-state index in [4.69, 9.17) is 21.3 Å². The molecule has 4 aromatic rings. The Kier molecular flexibility index (Phi) is 5.79. The van der Waals surface area contributed by atoms with E-state index in [0.717, 1.165) is 33.0 Å². The molecule has 6 heteroatoms. The summed E-state index contributed by atoms with van der Waals surface area (Å²) in [7, 11) is 0. The Morgan fingerprint density at radius 2 is 1.90 bits per heavy atom. The molecule has 1 aromatic heterocycles. The molecule has 146 valence electrons. The van der Waals surface area contributed by atoms with E-state index < -0.39 is 0 Å². The molecule has 4 rings (SSSR count). The highest BCUT2D eigenvalue weighted by Crippen LogP contribution is 2.36. The molecule has 4 nitrogen and oxygen atoms in total. The topological polar surface area (TPSA) is 51.2 Å². The first-order valence-electron chi connectivity index (χ1n) is 9.34. The standard InChI is InChI=1S/C23H19ClN2O2S/c1-2-13-28-17-10-7-15(8-11-17)22(27)25-19-12-9-16(24)14-18(19)23-26-20-5-3-4-6-21(20)29-23/h3-12,14H,2,13H2,1H3,(H,25,27). The first kappa shape index (κ1) is 19.4. The van der Waals surface area contributed by atoms with Crippen molar-refractivity contribution in [2.45, 2.75) is 13.3 Å². The molecular weight excluding hydrogens is 404 g/mol. The lowest BCUT2D eigenvalue weighted by atomic mass is 10.1. The molecule has 0 saturated heterocycles. The van der Waals surface area contributed by atoms with Gasteiger partial charge in [0, 0.05) is 16.1 Å². The third-order valence-electron chi connectivity index (χ3n) is 4.34. The number of para-hydroxylation sites is 1. The van der Waals surface area contributed by atoms with E-state index in [0.29, 0.717) is 22.9 Å². The van der Waals surface area contributed by atoms with Crippen molar-refractivity contribution in [3.8, 4) is 16.3 Å². The average Bonchev–Trinajstić information content (AvgIpc) is 3.18. The van der Waals surface area contributed by atoms with Crippen molar-refractivity contribution in [3.05, 3.63) is 77.3 Å². The number of nitrogens with zero attached hydrogens (tertiary/aromatic N) is 1. The Hall–Kier alpha value is -2.89. The van der Waals surface area contributed by atoms with Crippen LogP contribution >= 0.6 is 22.9 Å². The van der Waals surface area contributed by atoms with Crippen LogP contribution < -0.4 is 10.1 Å². The van der Waals surface area contributed by atoms with Crippen LogP contribution in [0, 0.1) is 0 Å². The van der Waals surface area contributed by atoms with E-state index in [1.807, 2.05) is 30.3 Å². The number of fused-ring (bicyclic) bond motifs is 1. The fourth-order valence-electron chi connectivity index (χ4n) is 2.91. The molecule has 0 atom stereocenters. The molecular formula is C23H19ClN2O2S. The molecule has 1 heterocycles. The number of thiazole rings is 1. The van der Waals surface area contributed by atoms with E-state index in [1.165, 1.54) is 0 Å². The number of ether oxygens (including phenoxy) is 1. The molecule has 0 bridgehead atoms. The van der Waals surface area contributed by atoms with Gasteiger partial charge < -0.3 is 10.1 Å². The zero-order valence-electron chi connectivity index (χ0n) is 15.8. The lowest BCUT2D eigenvalue weighted by Crippen LogP contribution is -2.12. The van der Waals surface area contributed by atoms with Gasteiger partial charge in [-0.25, -0.2) is 4.98 Å². The molecule has 0 spiro atoms. The van der Waals surface area contributed by atoms with Gasteiger partial charge in [-0.3, -0.25) is 4.79 Å². The molecule has 0 fully saturated rings. The lowest BCUT2D eigenvalue weighted by molar-refractivity contribution is 0.102. The summed E-state index contributed by atoms with van der Waals surface area (Å²) in [6.45, 7) is 2.71. The van der Waals surface area contributed by atoms with Gasteiger partial charge in [-0.1, -0.05) is 30.7 Å². The number of halogens is 1. The summed E-state index contributed by atoms with van der Waals surface area (Å²) in [5.74, 6) is 0.557. The molecule has 3 aromatic carbocycles. The summed E-state index contributed by atoms with van der Waals surface area (Å²) in [6, 6.07) is 20.5. The maximum absolute atomic E-state index is 12.8. The van der Waals surface area contributed by atoms with Crippen LogP contribution in [0.5, 0.6) is 5.75 Å². The summed E-state index contributed by atoms with van der Waals surface area (Å²) in [6.07, 6.45) is 0.938. The predicted octanol–water partition coefficient (Wildman–Crippen LogP) is 6.66. The molecule has 0 unspecified atom stereocenters. The minimum Gasteiger partial charge on any atom is -0.494 e. The number of nitrogens with one attached hydrogen (secondary N) is 1. The minimum atomic E-state index is -0.197. The second-order valence-corrected chi connectivity index (χ2v) is 7.97. The zero-order chi connectivity index (χ0) is 20.2. The van der Waals surface area contributed by atoms with Gasteiger partial charge in [0.1, 0.15) is 10.8 Å². The first-order chi connectivity index (χ1) is 14.1. The molecule has 29 heavy (non-hydrogen) atoms.